The Kier molecular flexibility index (Phi) is 3.62. The fraction of sp³-hybridized carbons (Fsp3) is 0.143. The summed E-state index contributed by atoms with van der Waals surface area (Å²) in [6.45, 7) is 0. The Hall–Kier alpha value is -0.520. The lowest BCUT2D eigenvalue weighted by atomic mass is 10.0. The first-order chi connectivity index (χ1) is 9.06. The van der Waals surface area contributed by atoms with Crippen molar-refractivity contribution in [1.82, 2.24) is 4.98 Å². The standard InChI is InChI=1S/C14H8Br3NO/c15-9-3-7-1-2-8-4-10(16)6-18-13(8)14(19)12(7)11(17)5-9/h3-6H,1-2H2. The molecule has 5 heteroatoms. The molecule has 0 radical (unpaired) electrons. The second-order valence-corrected chi connectivity index (χ2v) is 7.10. The van der Waals surface area contributed by atoms with E-state index in [0.29, 0.717) is 5.69 Å². The fourth-order valence-electron chi connectivity index (χ4n) is 2.34. The maximum absolute atomic E-state index is 12.6. The normalized spacial score (nSPS) is 13.7. The van der Waals surface area contributed by atoms with Crippen LogP contribution < -0.4 is 0 Å². The summed E-state index contributed by atoms with van der Waals surface area (Å²) in [7, 11) is 0. The molecule has 0 bridgehead atoms. The smallest absolute Gasteiger partial charge is 0.213 e. The van der Waals surface area contributed by atoms with Crippen molar-refractivity contribution in [3.05, 3.63) is 60.2 Å². The molecule has 1 aliphatic rings. The minimum absolute atomic E-state index is 0.00521. The van der Waals surface area contributed by atoms with E-state index in [1.807, 2.05) is 18.2 Å². The summed E-state index contributed by atoms with van der Waals surface area (Å²) in [6.07, 6.45) is 3.34. The lowest BCUT2D eigenvalue weighted by molar-refractivity contribution is 0.103. The highest BCUT2D eigenvalue weighted by Crippen LogP contribution is 2.32. The van der Waals surface area contributed by atoms with Gasteiger partial charge < -0.3 is 0 Å². The predicted molar refractivity (Wildman–Crippen MR) is 84.6 cm³/mol. The van der Waals surface area contributed by atoms with E-state index in [9.17, 15) is 4.79 Å². The molecule has 0 N–H and O–H groups in total. The number of hydrogen-bond donors (Lipinski definition) is 0. The van der Waals surface area contributed by atoms with Crippen molar-refractivity contribution in [1.29, 1.82) is 0 Å². The molecule has 0 saturated carbocycles. The Balaban J connectivity index is 2.23. The number of pyridine rings is 1. The van der Waals surface area contributed by atoms with Gasteiger partial charge in [0.2, 0.25) is 5.78 Å². The van der Waals surface area contributed by atoms with Crippen LogP contribution in [-0.2, 0) is 12.8 Å². The number of carbonyl (C=O) groups excluding carboxylic acids is 1. The van der Waals surface area contributed by atoms with E-state index in [1.165, 1.54) is 0 Å². The zero-order valence-electron chi connectivity index (χ0n) is 9.71. The molecular weight excluding hydrogens is 438 g/mol. The summed E-state index contributed by atoms with van der Waals surface area (Å²) >= 11 is 10.4. The van der Waals surface area contributed by atoms with Gasteiger partial charge in [0.1, 0.15) is 5.69 Å². The topological polar surface area (TPSA) is 30.0 Å². The molecule has 0 amide bonds. The Morgan fingerprint density at radius 3 is 2.42 bits per heavy atom. The van der Waals surface area contributed by atoms with E-state index in [2.05, 4.69) is 52.8 Å². The second-order valence-electron chi connectivity index (χ2n) is 4.41. The van der Waals surface area contributed by atoms with Gasteiger partial charge in [0.15, 0.2) is 0 Å². The second kappa shape index (κ2) is 5.11. The van der Waals surface area contributed by atoms with Crippen molar-refractivity contribution >= 4 is 53.6 Å². The first-order valence-corrected chi connectivity index (χ1v) is 8.11. The van der Waals surface area contributed by atoms with Crippen LogP contribution in [0, 0.1) is 0 Å². The molecule has 1 aromatic carbocycles. The lowest BCUT2D eigenvalue weighted by Gasteiger charge is -2.08. The van der Waals surface area contributed by atoms with Crippen molar-refractivity contribution in [2.75, 3.05) is 0 Å². The fourth-order valence-corrected chi connectivity index (χ4v) is 4.21. The maximum atomic E-state index is 12.6. The minimum atomic E-state index is -0.00521. The van der Waals surface area contributed by atoms with Crippen LogP contribution in [0.15, 0.2) is 37.8 Å². The third-order valence-electron chi connectivity index (χ3n) is 3.18. The number of carbonyl (C=O) groups is 1. The Bertz CT molecular complexity index is 697. The largest absolute Gasteiger partial charge is 0.287 e. The summed E-state index contributed by atoms with van der Waals surface area (Å²) in [5, 5.41) is 0. The zero-order chi connectivity index (χ0) is 13.6. The summed E-state index contributed by atoms with van der Waals surface area (Å²) in [5.74, 6) is -0.00521. The van der Waals surface area contributed by atoms with E-state index in [-0.39, 0.29) is 5.78 Å². The van der Waals surface area contributed by atoms with Gasteiger partial charge in [-0.15, -0.1) is 0 Å². The van der Waals surface area contributed by atoms with Gasteiger partial charge in [-0.1, -0.05) is 15.9 Å². The first kappa shape index (κ1) is 13.5. The monoisotopic (exact) mass is 443 g/mol. The molecule has 19 heavy (non-hydrogen) atoms. The van der Waals surface area contributed by atoms with Crippen molar-refractivity contribution in [2.45, 2.75) is 12.8 Å². The van der Waals surface area contributed by atoms with Crippen LogP contribution in [0.2, 0.25) is 0 Å². The highest BCUT2D eigenvalue weighted by atomic mass is 79.9. The molecule has 0 spiro atoms. The first-order valence-electron chi connectivity index (χ1n) is 5.73. The van der Waals surface area contributed by atoms with Crippen molar-refractivity contribution < 1.29 is 4.79 Å². The number of nitrogens with zero attached hydrogens (tertiary/aromatic N) is 1. The molecule has 1 aromatic heterocycles. The van der Waals surface area contributed by atoms with Gasteiger partial charge in [-0.25, -0.2) is 0 Å². The third kappa shape index (κ3) is 2.43. The van der Waals surface area contributed by atoms with Crippen molar-refractivity contribution in [2.24, 2.45) is 0 Å². The van der Waals surface area contributed by atoms with Crippen LogP contribution >= 0.6 is 47.8 Å². The van der Waals surface area contributed by atoms with E-state index in [4.69, 9.17) is 0 Å². The van der Waals surface area contributed by atoms with E-state index in [0.717, 1.165) is 43.0 Å². The molecule has 0 atom stereocenters. The quantitative estimate of drug-likeness (QED) is 0.588. The number of ketones is 1. The predicted octanol–water partition coefficient (Wildman–Crippen LogP) is 4.70. The molecule has 0 saturated heterocycles. The number of rotatable bonds is 0. The SMILES string of the molecule is O=C1c2ncc(Br)cc2CCc2cc(Br)cc(Br)c21. The summed E-state index contributed by atoms with van der Waals surface area (Å²) in [4.78, 5) is 16.9. The van der Waals surface area contributed by atoms with Gasteiger partial charge in [0.05, 0.1) is 0 Å². The number of hydrogen-bond acceptors (Lipinski definition) is 2. The Labute approximate surface area is 136 Å². The van der Waals surface area contributed by atoms with Crippen LogP contribution in [0.3, 0.4) is 0 Å². The molecule has 3 rings (SSSR count). The summed E-state index contributed by atoms with van der Waals surface area (Å²) in [5.41, 5.74) is 3.35. The summed E-state index contributed by atoms with van der Waals surface area (Å²) < 4.78 is 2.70. The Morgan fingerprint density at radius 2 is 1.63 bits per heavy atom. The lowest BCUT2D eigenvalue weighted by Crippen LogP contribution is -2.07. The molecule has 1 aliphatic carbocycles. The summed E-state index contributed by atoms with van der Waals surface area (Å²) in [6, 6.07) is 5.90. The molecule has 2 aromatic rings. The van der Waals surface area contributed by atoms with E-state index >= 15 is 0 Å². The molecule has 2 nitrogen and oxygen atoms in total. The van der Waals surface area contributed by atoms with Crippen LogP contribution in [0.5, 0.6) is 0 Å². The average Bonchev–Trinajstić information content (AvgIpc) is 2.47. The molecule has 0 fully saturated rings. The van der Waals surface area contributed by atoms with Gasteiger partial charge in [-0.3, -0.25) is 9.78 Å². The molecule has 1 heterocycles. The molecule has 0 aliphatic heterocycles. The van der Waals surface area contributed by atoms with E-state index < -0.39 is 0 Å². The number of benzene rings is 1. The number of halogens is 3. The Morgan fingerprint density at radius 1 is 0.947 bits per heavy atom. The molecule has 0 unspecified atom stereocenters. The molecule has 96 valence electrons. The van der Waals surface area contributed by atoms with Gasteiger partial charge >= 0.3 is 0 Å². The maximum Gasteiger partial charge on any atom is 0.213 e. The molecular formula is C14H8Br3NO. The van der Waals surface area contributed by atoms with E-state index in [1.54, 1.807) is 6.20 Å². The number of aromatic nitrogens is 1. The zero-order valence-corrected chi connectivity index (χ0v) is 14.5. The van der Waals surface area contributed by atoms with Crippen molar-refractivity contribution in [3.8, 4) is 0 Å². The highest BCUT2D eigenvalue weighted by Gasteiger charge is 2.25. The van der Waals surface area contributed by atoms with Gasteiger partial charge in [-0.05, 0) is 74.0 Å². The van der Waals surface area contributed by atoms with Crippen LogP contribution in [0.4, 0.5) is 0 Å². The third-order valence-corrected chi connectivity index (χ3v) is 4.69. The number of fused-ring (bicyclic) bond motifs is 2. The van der Waals surface area contributed by atoms with Gasteiger partial charge in [-0.2, -0.15) is 0 Å². The van der Waals surface area contributed by atoms with Crippen LogP contribution in [0.1, 0.15) is 27.2 Å². The minimum Gasteiger partial charge on any atom is -0.287 e. The van der Waals surface area contributed by atoms with Crippen LogP contribution in [-0.4, -0.2) is 10.8 Å². The van der Waals surface area contributed by atoms with Gasteiger partial charge in [0.25, 0.3) is 0 Å². The highest BCUT2D eigenvalue weighted by molar-refractivity contribution is 9.11. The van der Waals surface area contributed by atoms with Crippen LogP contribution in [0.25, 0.3) is 0 Å². The number of aryl methyl sites for hydroxylation is 2. The average molecular weight is 446 g/mol. The van der Waals surface area contributed by atoms with Gasteiger partial charge in [0, 0.05) is 25.2 Å². The van der Waals surface area contributed by atoms with Crippen molar-refractivity contribution in [3.63, 3.8) is 0 Å².